The van der Waals surface area contributed by atoms with E-state index >= 15 is 0 Å². The molecule has 0 N–H and O–H groups in total. The number of benzene rings is 8. The van der Waals surface area contributed by atoms with Gasteiger partial charge in [0, 0.05) is 23.2 Å². The van der Waals surface area contributed by atoms with Crippen molar-refractivity contribution in [2.24, 2.45) is 0 Å². The van der Waals surface area contributed by atoms with Crippen molar-refractivity contribution in [1.29, 1.82) is 0 Å². The number of hydrogen-bond acceptors (Lipinski definition) is 2. The van der Waals surface area contributed by atoms with Gasteiger partial charge in [-0.1, -0.05) is 121 Å². The Morgan fingerprint density at radius 2 is 0.795 bits per heavy atom. The number of rotatable bonds is 3. The van der Waals surface area contributed by atoms with Crippen molar-refractivity contribution in [3.05, 3.63) is 158 Å². The second-order valence-corrected chi connectivity index (χ2v) is 11.4. The molecule has 0 aliphatic rings. The van der Waals surface area contributed by atoms with Crippen LogP contribution in [0.4, 0.5) is 0 Å². The first-order valence-corrected chi connectivity index (χ1v) is 15.0. The summed E-state index contributed by atoms with van der Waals surface area (Å²) in [5.74, 6) is 0. The lowest BCUT2D eigenvalue weighted by Gasteiger charge is -2.13. The van der Waals surface area contributed by atoms with Crippen molar-refractivity contribution in [2.45, 2.75) is 0 Å². The summed E-state index contributed by atoms with van der Waals surface area (Å²) >= 11 is 0. The largest absolute Gasteiger partial charge is 0.252 e. The number of aromatic nitrogens is 2. The highest BCUT2D eigenvalue weighted by molar-refractivity contribution is 6.23. The van der Waals surface area contributed by atoms with Gasteiger partial charge in [0.15, 0.2) is 0 Å². The molecule has 0 radical (unpaired) electrons. The lowest BCUT2D eigenvalue weighted by atomic mass is 9.91. The van der Waals surface area contributed by atoms with Gasteiger partial charge in [0.2, 0.25) is 0 Å². The Labute approximate surface area is 254 Å². The van der Waals surface area contributed by atoms with E-state index in [-0.39, 0.29) is 0 Å². The van der Waals surface area contributed by atoms with Crippen LogP contribution in [0, 0.1) is 0 Å². The smallest absolute Gasteiger partial charge is 0.0971 e. The standard InChI is InChI=1S/C42H26N2/c1-2-14-33-32(9-1)26-39(36-17-4-3-15-34(33)36)31-13-8-12-29(24-31)27-10-7-11-28(23-27)30-19-20-37-35-16-5-6-18-38(35)41-42(40(37)25-30)44-22-21-43-41/h1-26H. The van der Waals surface area contributed by atoms with Crippen molar-refractivity contribution in [1.82, 2.24) is 9.97 Å². The molecule has 1 heterocycles. The zero-order chi connectivity index (χ0) is 29.0. The minimum atomic E-state index is 0.939. The van der Waals surface area contributed by atoms with Gasteiger partial charge >= 0.3 is 0 Å². The van der Waals surface area contributed by atoms with E-state index in [9.17, 15) is 0 Å². The zero-order valence-corrected chi connectivity index (χ0v) is 23.9. The molecule has 2 heteroatoms. The predicted octanol–water partition coefficient (Wildman–Crippen LogP) is 11.2. The molecule has 44 heavy (non-hydrogen) atoms. The SMILES string of the molecule is c1cc(-c2cccc(-c3cc4ccccc4c4ccccc34)c2)cc(-c2ccc3c4ccccc4c4nccnc4c3c2)c1. The van der Waals surface area contributed by atoms with Crippen LogP contribution in [0.1, 0.15) is 0 Å². The number of hydrogen-bond donors (Lipinski definition) is 0. The average molecular weight is 559 g/mol. The number of nitrogens with zero attached hydrogens (tertiary/aromatic N) is 2. The lowest BCUT2D eigenvalue weighted by molar-refractivity contribution is 1.31. The molecule has 0 aliphatic heterocycles. The van der Waals surface area contributed by atoms with Gasteiger partial charge in [0.25, 0.3) is 0 Å². The van der Waals surface area contributed by atoms with E-state index in [2.05, 4.69) is 146 Å². The molecule has 0 amide bonds. The van der Waals surface area contributed by atoms with Gasteiger partial charge in [-0.05, 0) is 90.0 Å². The Kier molecular flexibility index (Phi) is 5.54. The molecule has 9 aromatic rings. The molecule has 0 aliphatic carbocycles. The van der Waals surface area contributed by atoms with Gasteiger partial charge in [0.05, 0.1) is 11.0 Å². The van der Waals surface area contributed by atoms with Crippen molar-refractivity contribution in [2.75, 3.05) is 0 Å². The molecule has 0 fully saturated rings. The molecule has 1 aromatic heterocycles. The molecule has 9 rings (SSSR count). The van der Waals surface area contributed by atoms with Gasteiger partial charge in [-0.2, -0.15) is 0 Å². The fourth-order valence-corrected chi connectivity index (χ4v) is 6.85. The fraction of sp³-hybridized carbons (Fsp3) is 0. The van der Waals surface area contributed by atoms with Crippen LogP contribution < -0.4 is 0 Å². The van der Waals surface area contributed by atoms with Crippen LogP contribution in [0.3, 0.4) is 0 Å². The molecule has 0 unspecified atom stereocenters. The molecule has 8 aromatic carbocycles. The summed E-state index contributed by atoms with van der Waals surface area (Å²) in [6, 6.07) is 52.7. The monoisotopic (exact) mass is 558 g/mol. The van der Waals surface area contributed by atoms with Crippen LogP contribution in [0.2, 0.25) is 0 Å². The van der Waals surface area contributed by atoms with Crippen LogP contribution >= 0.6 is 0 Å². The maximum Gasteiger partial charge on any atom is 0.0971 e. The van der Waals surface area contributed by atoms with E-state index in [0.29, 0.717) is 0 Å². The third-order valence-electron chi connectivity index (χ3n) is 8.92. The molecule has 0 atom stereocenters. The van der Waals surface area contributed by atoms with Gasteiger partial charge in [-0.15, -0.1) is 0 Å². The Bertz CT molecular complexity index is 2530. The minimum Gasteiger partial charge on any atom is -0.252 e. The zero-order valence-electron chi connectivity index (χ0n) is 23.9. The van der Waals surface area contributed by atoms with Gasteiger partial charge in [-0.3, -0.25) is 9.97 Å². The van der Waals surface area contributed by atoms with E-state index in [4.69, 9.17) is 9.97 Å². The summed E-state index contributed by atoms with van der Waals surface area (Å²) in [4.78, 5) is 9.50. The van der Waals surface area contributed by atoms with E-state index < -0.39 is 0 Å². The summed E-state index contributed by atoms with van der Waals surface area (Å²) in [5, 5.41) is 9.77. The maximum absolute atomic E-state index is 4.78. The number of fused-ring (bicyclic) bond motifs is 9. The van der Waals surface area contributed by atoms with E-state index in [1.807, 2.05) is 0 Å². The Hall–Kier alpha value is -5.86. The van der Waals surface area contributed by atoms with Crippen LogP contribution in [0.25, 0.3) is 87.5 Å². The van der Waals surface area contributed by atoms with E-state index in [1.165, 1.54) is 65.7 Å². The highest BCUT2D eigenvalue weighted by Gasteiger charge is 2.13. The van der Waals surface area contributed by atoms with Crippen molar-refractivity contribution >= 4 is 54.1 Å². The first-order chi connectivity index (χ1) is 21.8. The molecule has 0 saturated heterocycles. The summed E-state index contributed by atoms with van der Waals surface area (Å²) < 4.78 is 0. The first kappa shape index (κ1) is 24.7. The second kappa shape index (κ2) is 9.86. The van der Waals surface area contributed by atoms with Crippen molar-refractivity contribution in [3.8, 4) is 33.4 Å². The van der Waals surface area contributed by atoms with Crippen LogP contribution in [-0.4, -0.2) is 9.97 Å². The van der Waals surface area contributed by atoms with Crippen molar-refractivity contribution < 1.29 is 0 Å². The normalized spacial score (nSPS) is 11.6. The topological polar surface area (TPSA) is 25.8 Å². The highest BCUT2D eigenvalue weighted by Crippen LogP contribution is 2.38. The minimum absolute atomic E-state index is 0.939. The fourth-order valence-electron chi connectivity index (χ4n) is 6.85. The van der Waals surface area contributed by atoms with Gasteiger partial charge in [0.1, 0.15) is 0 Å². The molecule has 204 valence electrons. The molecule has 2 nitrogen and oxygen atoms in total. The second-order valence-electron chi connectivity index (χ2n) is 11.4. The first-order valence-electron chi connectivity index (χ1n) is 15.0. The Morgan fingerprint density at radius 1 is 0.295 bits per heavy atom. The Morgan fingerprint density at radius 3 is 1.52 bits per heavy atom. The predicted molar refractivity (Wildman–Crippen MR) is 186 cm³/mol. The van der Waals surface area contributed by atoms with Gasteiger partial charge in [-0.25, -0.2) is 0 Å². The van der Waals surface area contributed by atoms with Crippen LogP contribution in [-0.2, 0) is 0 Å². The van der Waals surface area contributed by atoms with Crippen LogP contribution in [0.5, 0.6) is 0 Å². The van der Waals surface area contributed by atoms with Crippen molar-refractivity contribution in [3.63, 3.8) is 0 Å². The molecular formula is C42H26N2. The molecule has 0 bridgehead atoms. The summed E-state index contributed by atoms with van der Waals surface area (Å²) in [6.07, 6.45) is 3.57. The summed E-state index contributed by atoms with van der Waals surface area (Å²) in [7, 11) is 0. The lowest BCUT2D eigenvalue weighted by Crippen LogP contribution is -1.89. The highest BCUT2D eigenvalue weighted by atomic mass is 14.8. The van der Waals surface area contributed by atoms with Crippen LogP contribution in [0.15, 0.2) is 158 Å². The third-order valence-corrected chi connectivity index (χ3v) is 8.92. The van der Waals surface area contributed by atoms with E-state index in [1.54, 1.807) is 12.4 Å². The average Bonchev–Trinajstić information content (AvgIpc) is 3.11. The van der Waals surface area contributed by atoms with Gasteiger partial charge < -0.3 is 0 Å². The Balaban J connectivity index is 1.18. The quantitative estimate of drug-likeness (QED) is 0.202. The summed E-state index contributed by atoms with van der Waals surface area (Å²) in [5.41, 5.74) is 9.09. The maximum atomic E-state index is 4.78. The molecular weight excluding hydrogens is 532 g/mol. The van der Waals surface area contributed by atoms with E-state index in [0.717, 1.165) is 21.8 Å². The summed E-state index contributed by atoms with van der Waals surface area (Å²) in [6.45, 7) is 0. The third kappa shape index (κ3) is 3.89. The molecule has 0 saturated carbocycles. The molecule has 0 spiro atoms.